The smallest absolute Gasteiger partial charge is 0.276 e. The molecule has 2 rings (SSSR count). The van der Waals surface area contributed by atoms with Crippen molar-refractivity contribution in [3.8, 4) is 0 Å². The van der Waals surface area contributed by atoms with E-state index in [0.29, 0.717) is 31.2 Å². The van der Waals surface area contributed by atoms with Crippen LogP contribution in [0, 0.1) is 5.92 Å². The zero-order valence-corrected chi connectivity index (χ0v) is 13.3. The van der Waals surface area contributed by atoms with E-state index < -0.39 is 0 Å². The van der Waals surface area contributed by atoms with E-state index in [1.165, 1.54) is 0 Å². The molecule has 0 aromatic carbocycles. The van der Waals surface area contributed by atoms with Crippen molar-refractivity contribution in [2.45, 2.75) is 39.9 Å². The summed E-state index contributed by atoms with van der Waals surface area (Å²) < 4.78 is 6.95. The van der Waals surface area contributed by atoms with Crippen LogP contribution in [0.4, 0.5) is 0 Å². The lowest BCUT2D eigenvalue weighted by Crippen LogP contribution is -2.41. The molecule has 2 aromatic heterocycles. The van der Waals surface area contributed by atoms with Crippen LogP contribution in [0.15, 0.2) is 29.0 Å². The fraction of sp³-hybridized carbons (Fsp3) is 0.533. The zero-order valence-electron chi connectivity index (χ0n) is 13.3. The van der Waals surface area contributed by atoms with E-state index in [0.717, 1.165) is 5.76 Å². The summed E-state index contributed by atoms with van der Waals surface area (Å²) in [5.74, 6) is 0.911. The Morgan fingerprint density at radius 1 is 1.45 bits per heavy atom. The van der Waals surface area contributed by atoms with E-state index in [9.17, 15) is 4.79 Å². The third-order valence-electron chi connectivity index (χ3n) is 3.74. The number of carbonyl (C=O) groups is 1. The van der Waals surface area contributed by atoms with E-state index >= 15 is 0 Å². The van der Waals surface area contributed by atoms with Crippen molar-refractivity contribution in [2.24, 2.45) is 11.7 Å². The maximum absolute atomic E-state index is 12.8. The van der Waals surface area contributed by atoms with Crippen molar-refractivity contribution in [2.75, 3.05) is 6.54 Å². The van der Waals surface area contributed by atoms with Crippen LogP contribution in [0.2, 0.25) is 0 Å². The van der Waals surface area contributed by atoms with E-state index in [2.05, 4.69) is 24.2 Å². The Bertz CT molecular complexity index is 591. The minimum Gasteiger partial charge on any atom is -0.467 e. The summed E-state index contributed by atoms with van der Waals surface area (Å²) in [6.45, 7) is 7.59. The molecule has 7 heteroatoms. The summed E-state index contributed by atoms with van der Waals surface area (Å²) in [7, 11) is 0. The van der Waals surface area contributed by atoms with Crippen molar-refractivity contribution in [3.63, 3.8) is 0 Å². The molecule has 2 aromatic rings. The van der Waals surface area contributed by atoms with Gasteiger partial charge in [-0.1, -0.05) is 19.1 Å². The molecule has 0 aliphatic carbocycles. The van der Waals surface area contributed by atoms with E-state index in [1.807, 2.05) is 19.1 Å². The van der Waals surface area contributed by atoms with Gasteiger partial charge in [-0.15, -0.1) is 5.10 Å². The highest BCUT2D eigenvalue weighted by molar-refractivity contribution is 5.92. The van der Waals surface area contributed by atoms with Crippen LogP contribution in [0.3, 0.4) is 0 Å². The van der Waals surface area contributed by atoms with Crippen LogP contribution in [-0.2, 0) is 13.1 Å². The second-order valence-corrected chi connectivity index (χ2v) is 5.65. The van der Waals surface area contributed by atoms with Gasteiger partial charge in [-0.25, -0.2) is 0 Å². The Kier molecular flexibility index (Phi) is 5.32. The third kappa shape index (κ3) is 3.73. The summed E-state index contributed by atoms with van der Waals surface area (Å²) in [6.07, 6.45) is 3.24. The van der Waals surface area contributed by atoms with E-state index in [4.69, 9.17) is 10.2 Å². The Hall–Kier alpha value is -2.15. The number of nitrogens with two attached hydrogens (primary N) is 1. The Balaban J connectivity index is 2.20. The van der Waals surface area contributed by atoms with Crippen molar-refractivity contribution >= 4 is 5.91 Å². The van der Waals surface area contributed by atoms with Gasteiger partial charge in [0.1, 0.15) is 5.76 Å². The number of amides is 1. The van der Waals surface area contributed by atoms with Crippen LogP contribution in [0.1, 0.15) is 37.0 Å². The van der Waals surface area contributed by atoms with Crippen LogP contribution in [-0.4, -0.2) is 38.4 Å². The van der Waals surface area contributed by atoms with Crippen LogP contribution in [0.25, 0.3) is 0 Å². The summed E-state index contributed by atoms with van der Waals surface area (Å²) >= 11 is 0. The summed E-state index contributed by atoms with van der Waals surface area (Å²) in [6, 6.07) is 3.73. The quantitative estimate of drug-likeness (QED) is 0.837. The molecule has 0 aliphatic heterocycles. The van der Waals surface area contributed by atoms with Gasteiger partial charge in [0, 0.05) is 12.6 Å². The number of carbonyl (C=O) groups excluding carboxylic acids is 1. The first kappa shape index (κ1) is 16.2. The van der Waals surface area contributed by atoms with Crippen molar-refractivity contribution in [1.82, 2.24) is 19.9 Å². The molecule has 22 heavy (non-hydrogen) atoms. The number of hydrogen-bond donors (Lipinski definition) is 1. The molecule has 0 unspecified atom stereocenters. The van der Waals surface area contributed by atoms with Gasteiger partial charge in [-0.2, -0.15) is 0 Å². The lowest BCUT2D eigenvalue weighted by Gasteiger charge is -2.30. The number of aromatic nitrogens is 3. The second-order valence-electron chi connectivity index (χ2n) is 5.65. The molecule has 1 atom stereocenters. The highest BCUT2D eigenvalue weighted by Gasteiger charge is 2.26. The molecule has 7 nitrogen and oxygen atoms in total. The van der Waals surface area contributed by atoms with E-state index in [-0.39, 0.29) is 11.9 Å². The van der Waals surface area contributed by atoms with Gasteiger partial charge in [-0.3, -0.25) is 9.48 Å². The largest absolute Gasteiger partial charge is 0.467 e. The fourth-order valence-corrected chi connectivity index (χ4v) is 2.12. The third-order valence-corrected chi connectivity index (χ3v) is 3.74. The monoisotopic (exact) mass is 305 g/mol. The number of nitrogens with zero attached hydrogens (tertiary/aromatic N) is 4. The molecule has 2 N–H and O–H groups in total. The minimum atomic E-state index is -0.152. The fourth-order valence-electron chi connectivity index (χ4n) is 2.12. The molecule has 1 amide bonds. The van der Waals surface area contributed by atoms with Crippen LogP contribution in [0.5, 0.6) is 0 Å². The molecule has 0 bridgehead atoms. The Morgan fingerprint density at radius 2 is 2.23 bits per heavy atom. The Labute approximate surface area is 130 Å². The maximum atomic E-state index is 12.8. The molecular formula is C15H23N5O2. The normalized spacial score (nSPS) is 12.6. The average Bonchev–Trinajstić information content (AvgIpc) is 3.15. The predicted molar refractivity (Wildman–Crippen MR) is 82.0 cm³/mol. The van der Waals surface area contributed by atoms with Crippen molar-refractivity contribution < 1.29 is 9.21 Å². The molecular weight excluding hydrogens is 282 g/mol. The van der Waals surface area contributed by atoms with E-state index in [1.54, 1.807) is 22.0 Å². The van der Waals surface area contributed by atoms with Crippen LogP contribution >= 0.6 is 0 Å². The van der Waals surface area contributed by atoms with Gasteiger partial charge in [0.15, 0.2) is 5.69 Å². The molecule has 2 heterocycles. The van der Waals surface area contributed by atoms with Gasteiger partial charge >= 0.3 is 0 Å². The average molecular weight is 305 g/mol. The molecule has 0 fully saturated rings. The number of rotatable bonds is 7. The molecule has 0 radical (unpaired) electrons. The summed E-state index contributed by atoms with van der Waals surface area (Å²) in [5, 5.41) is 7.89. The molecule has 0 spiro atoms. The second kappa shape index (κ2) is 7.22. The molecule has 0 saturated carbocycles. The van der Waals surface area contributed by atoms with Gasteiger partial charge in [0.25, 0.3) is 5.91 Å². The standard InChI is InChI=1S/C15H23N5O2/c1-11(2)12(3)20(9-13-5-4-8-22-13)15(21)14-10-19(7-6-16)18-17-14/h4-5,8,10-12H,6-7,9,16H2,1-3H3/t12-/m0/s1. The molecule has 120 valence electrons. The number of furan rings is 1. The number of hydrogen-bond acceptors (Lipinski definition) is 5. The highest BCUT2D eigenvalue weighted by Crippen LogP contribution is 2.17. The minimum absolute atomic E-state index is 0.0530. The van der Waals surface area contributed by atoms with Gasteiger partial charge in [-0.05, 0) is 25.0 Å². The van der Waals surface area contributed by atoms with Gasteiger partial charge < -0.3 is 15.1 Å². The predicted octanol–water partition coefficient (Wildman–Crippen LogP) is 1.52. The van der Waals surface area contributed by atoms with Crippen molar-refractivity contribution in [3.05, 3.63) is 36.0 Å². The summed E-state index contributed by atoms with van der Waals surface area (Å²) in [4.78, 5) is 14.5. The molecule has 0 aliphatic rings. The first-order valence-electron chi connectivity index (χ1n) is 7.46. The van der Waals surface area contributed by atoms with Gasteiger partial charge in [0.05, 0.1) is 25.5 Å². The van der Waals surface area contributed by atoms with Gasteiger partial charge in [0.2, 0.25) is 0 Å². The zero-order chi connectivity index (χ0) is 16.1. The lowest BCUT2D eigenvalue weighted by molar-refractivity contribution is 0.0604. The van der Waals surface area contributed by atoms with Crippen molar-refractivity contribution in [1.29, 1.82) is 0 Å². The first-order chi connectivity index (χ1) is 10.5. The Morgan fingerprint density at radius 3 is 2.82 bits per heavy atom. The SMILES string of the molecule is CC(C)[C@H](C)N(Cc1ccco1)C(=O)c1cn(CCN)nn1. The summed E-state index contributed by atoms with van der Waals surface area (Å²) in [5.41, 5.74) is 5.81. The first-order valence-corrected chi connectivity index (χ1v) is 7.46. The lowest BCUT2D eigenvalue weighted by atomic mass is 10.0. The maximum Gasteiger partial charge on any atom is 0.276 e. The topological polar surface area (TPSA) is 90.2 Å². The van der Waals surface area contributed by atoms with Crippen LogP contribution < -0.4 is 5.73 Å². The molecule has 0 saturated heterocycles. The highest BCUT2D eigenvalue weighted by atomic mass is 16.3.